The van der Waals surface area contributed by atoms with E-state index < -0.39 is 34.2 Å². The largest absolute Gasteiger partial charge is 0.377 e. The van der Waals surface area contributed by atoms with Gasteiger partial charge in [0.25, 0.3) is 5.69 Å². The van der Waals surface area contributed by atoms with Crippen molar-refractivity contribution in [2.75, 3.05) is 31.2 Å². The molecule has 2 saturated heterocycles. The molecule has 29 heavy (non-hydrogen) atoms. The quantitative estimate of drug-likeness (QED) is 0.456. The maximum absolute atomic E-state index is 13.5. The summed E-state index contributed by atoms with van der Waals surface area (Å²) in [6.45, 7) is 3.18. The molecule has 1 spiro atoms. The molecule has 0 aliphatic carbocycles. The number of nitrogens with zero attached hydrogens (tertiary/aromatic N) is 3. The number of benzene rings is 1. The number of nitro groups is 1. The van der Waals surface area contributed by atoms with Gasteiger partial charge in [0, 0.05) is 37.3 Å². The fraction of sp³-hybridized carbons (Fsp3) is 0.526. The van der Waals surface area contributed by atoms with Crippen LogP contribution in [-0.4, -0.2) is 60.0 Å². The van der Waals surface area contributed by atoms with Crippen LogP contribution in [0, 0.1) is 15.5 Å². The van der Waals surface area contributed by atoms with Crippen molar-refractivity contribution in [2.45, 2.75) is 32.2 Å². The van der Waals surface area contributed by atoms with Crippen LogP contribution in [0.5, 0.6) is 0 Å². The summed E-state index contributed by atoms with van der Waals surface area (Å²) in [6, 6.07) is 3.19. The molecular weight excluding hydrogens is 380 g/mol. The summed E-state index contributed by atoms with van der Waals surface area (Å²) in [5, 5.41) is 13.6. The van der Waals surface area contributed by atoms with Gasteiger partial charge in [-0.2, -0.15) is 0 Å². The molecule has 0 unspecified atom stereocenters. The fourth-order valence-corrected chi connectivity index (χ4v) is 4.50. The smallest absolute Gasteiger partial charge is 0.330 e. The van der Waals surface area contributed by atoms with Crippen molar-refractivity contribution in [3.8, 4) is 0 Å². The Morgan fingerprint density at radius 2 is 2.14 bits per heavy atom. The Bertz CT molecular complexity index is 903. The van der Waals surface area contributed by atoms with Crippen LogP contribution in [-0.2, 0) is 20.7 Å². The Morgan fingerprint density at radius 1 is 1.34 bits per heavy atom. The zero-order chi connectivity index (χ0) is 20.8. The number of carbonyl (C=O) groups excluding carboxylic acids is 3. The normalized spacial score (nSPS) is 26.2. The van der Waals surface area contributed by atoms with E-state index in [-0.39, 0.29) is 25.3 Å². The van der Waals surface area contributed by atoms with E-state index in [0.29, 0.717) is 25.1 Å². The Kier molecular flexibility index (Phi) is 4.73. The van der Waals surface area contributed by atoms with Crippen LogP contribution in [0.2, 0.25) is 0 Å². The number of anilines is 1. The van der Waals surface area contributed by atoms with Gasteiger partial charge in [-0.3, -0.25) is 29.9 Å². The molecule has 2 fully saturated rings. The van der Waals surface area contributed by atoms with E-state index in [1.165, 1.54) is 12.1 Å². The Hall–Kier alpha value is -3.01. The van der Waals surface area contributed by atoms with Crippen LogP contribution < -0.4 is 10.2 Å². The van der Waals surface area contributed by atoms with Gasteiger partial charge in [-0.25, -0.2) is 4.79 Å². The molecule has 2 atom stereocenters. The van der Waals surface area contributed by atoms with Crippen LogP contribution in [0.25, 0.3) is 0 Å². The van der Waals surface area contributed by atoms with Crippen LogP contribution >= 0.6 is 0 Å². The summed E-state index contributed by atoms with van der Waals surface area (Å²) < 4.78 is 5.60. The van der Waals surface area contributed by atoms with Crippen molar-refractivity contribution < 1.29 is 24.0 Å². The molecule has 4 amide bonds. The van der Waals surface area contributed by atoms with Crippen LogP contribution in [0.15, 0.2) is 18.2 Å². The van der Waals surface area contributed by atoms with Gasteiger partial charge in [0.1, 0.15) is 0 Å². The summed E-state index contributed by atoms with van der Waals surface area (Å²) in [6.07, 6.45) is 1.39. The van der Waals surface area contributed by atoms with E-state index in [0.717, 1.165) is 17.0 Å². The first-order valence-electron chi connectivity index (χ1n) is 9.69. The molecule has 1 N–H and O–H groups in total. The van der Waals surface area contributed by atoms with Crippen molar-refractivity contribution in [3.05, 3.63) is 33.9 Å². The minimum Gasteiger partial charge on any atom is -0.377 e. The number of hydrogen-bond donors (Lipinski definition) is 1. The third-order valence-corrected chi connectivity index (χ3v) is 5.98. The molecule has 3 heterocycles. The number of ether oxygens (including phenoxy) is 1. The molecule has 1 aromatic rings. The highest BCUT2D eigenvalue weighted by molar-refractivity contribution is 6.20. The lowest BCUT2D eigenvalue weighted by Gasteiger charge is -2.53. The topological polar surface area (TPSA) is 122 Å². The number of barbiturate groups is 1. The third-order valence-electron chi connectivity index (χ3n) is 5.98. The average molecular weight is 402 g/mol. The zero-order valence-corrected chi connectivity index (χ0v) is 16.1. The van der Waals surface area contributed by atoms with E-state index in [1.54, 1.807) is 6.07 Å². The van der Waals surface area contributed by atoms with Crippen LogP contribution in [0.1, 0.15) is 25.3 Å². The predicted octanol–water partition coefficient (Wildman–Crippen LogP) is 1.22. The fourth-order valence-electron chi connectivity index (χ4n) is 4.50. The van der Waals surface area contributed by atoms with Crippen molar-refractivity contribution in [3.63, 3.8) is 0 Å². The molecule has 3 aliphatic rings. The first-order valence-corrected chi connectivity index (χ1v) is 9.69. The number of rotatable bonds is 4. The van der Waals surface area contributed by atoms with E-state index in [9.17, 15) is 24.5 Å². The summed E-state index contributed by atoms with van der Waals surface area (Å²) in [7, 11) is 0. The Labute approximate surface area is 166 Å². The Balaban J connectivity index is 1.83. The maximum atomic E-state index is 13.5. The van der Waals surface area contributed by atoms with Gasteiger partial charge < -0.3 is 9.64 Å². The summed E-state index contributed by atoms with van der Waals surface area (Å²) in [5.74, 6) is -1.23. The number of unbranched alkanes of at least 4 members (excludes halogenated alkanes) is 1. The van der Waals surface area contributed by atoms with Gasteiger partial charge in [0.05, 0.1) is 24.2 Å². The second-order valence-corrected chi connectivity index (χ2v) is 7.57. The Morgan fingerprint density at radius 3 is 2.86 bits per heavy atom. The number of amides is 4. The molecule has 0 saturated carbocycles. The summed E-state index contributed by atoms with van der Waals surface area (Å²) >= 11 is 0. The molecule has 4 rings (SSSR count). The number of imide groups is 2. The van der Waals surface area contributed by atoms with Crippen molar-refractivity contribution >= 4 is 29.2 Å². The molecule has 0 radical (unpaired) electrons. The monoisotopic (exact) mass is 402 g/mol. The minimum absolute atomic E-state index is 0.0187. The number of morpholine rings is 1. The van der Waals surface area contributed by atoms with Crippen LogP contribution in [0.4, 0.5) is 16.2 Å². The highest BCUT2D eigenvalue weighted by atomic mass is 16.6. The van der Waals surface area contributed by atoms with Crippen molar-refractivity contribution in [2.24, 2.45) is 5.41 Å². The predicted molar refractivity (Wildman–Crippen MR) is 101 cm³/mol. The van der Waals surface area contributed by atoms with E-state index >= 15 is 0 Å². The first kappa shape index (κ1) is 19.3. The lowest BCUT2D eigenvalue weighted by atomic mass is 9.68. The lowest BCUT2D eigenvalue weighted by molar-refractivity contribution is -0.384. The van der Waals surface area contributed by atoms with Crippen molar-refractivity contribution in [1.29, 1.82) is 0 Å². The third kappa shape index (κ3) is 2.86. The molecule has 10 heteroatoms. The van der Waals surface area contributed by atoms with E-state index in [2.05, 4.69) is 5.32 Å². The van der Waals surface area contributed by atoms with E-state index in [4.69, 9.17) is 4.74 Å². The molecular formula is C19H22N4O6. The standard InChI is InChI=1S/C19H22N4O6/c1-2-3-6-22-17(25)19(16(24)20-18(22)26)10-12-9-13(23(27)28)4-5-14(12)21-7-8-29-11-15(19)21/h4-5,9,15H,2-3,6-8,10-11H2,1H3,(H,20,24,26)/t15-,19+/m1/s1. The molecule has 0 bridgehead atoms. The van der Waals surface area contributed by atoms with Gasteiger partial charge in [0.15, 0.2) is 5.41 Å². The van der Waals surface area contributed by atoms with Gasteiger partial charge >= 0.3 is 6.03 Å². The van der Waals surface area contributed by atoms with Gasteiger partial charge in [-0.1, -0.05) is 13.3 Å². The number of hydrogen-bond acceptors (Lipinski definition) is 7. The molecule has 3 aliphatic heterocycles. The lowest BCUT2D eigenvalue weighted by Crippen LogP contribution is -2.73. The number of non-ortho nitro benzene ring substituents is 1. The number of urea groups is 1. The number of carbonyl (C=O) groups is 3. The maximum Gasteiger partial charge on any atom is 0.330 e. The van der Waals surface area contributed by atoms with Gasteiger partial charge in [-0.15, -0.1) is 0 Å². The number of nitrogens with one attached hydrogen (secondary N) is 1. The SMILES string of the molecule is CCCCN1C(=O)NC(=O)[C@@]2(Cc3cc([N+](=O)[O-])ccc3N3CCOC[C@@H]32)C1=O. The molecule has 10 nitrogen and oxygen atoms in total. The van der Waals surface area contributed by atoms with E-state index in [1.807, 2.05) is 11.8 Å². The second-order valence-electron chi connectivity index (χ2n) is 7.57. The number of nitro benzene ring substituents is 1. The first-order chi connectivity index (χ1) is 13.9. The summed E-state index contributed by atoms with van der Waals surface area (Å²) in [4.78, 5) is 52.7. The zero-order valence-electron chi connectivity index (χ0n) is 16.1. The van der Waals surface area contributed by atoms with Crippen molar-refractivity contribution in [1.82, 2.24) is 10.2 Å². The minimum atomic E-state index is -1.57. The number of fused-ring (bicyclic) bond motifs is 4. The summed E-state index contributed by atoms with van der Waals surface area (Å²) in [5.41, 5.74) is -0.365. The van der Waals surface area contributed by atoms with Gasteiger partial charge in [0.2, 0.25) is 11.8 Å². The molecule has 154 valence electrons. The highest BCUT2D eigenvalue weighted by Crippen LogP contribution is 2.46. The molecule has 1 aromatic carbocycles. The van der Waals surface area contributed by atoms with Crippen LogP contribution in [0.3, 0.4) is 0 Å². The highest BCUT2D eigenvalue weighted by Gasteiger charge is 2.62. The average Bonchev–Trinajstić information content (AvgIpc) is 2.71. The molecule has 0 aromatic heterocycles. The van der Waals surface area contributed by atoms with Gasteiger partial charge in [-0.05, 0) is 18.1 Å². The second kappa shape index (κ2) is 7.11.